The topological polar surface area (TPSA) is 72.2 Å². The van der Waals surface area contributed by atoms with E-state index in [4.69, 9.17) is 5.84 Å². The molecule has 0 aromatic heterocycles. The first-order chi connectivity index (χ1) is 8.95. The van der Waals surface area contributed by atoms with Crippen molar-refractivity contribution in [3.63, 3.8) is 0 Å². The third kappa shape index (κ3) is 2.96. The lowest BCUT2D eigenvalue weighted by Gasteiger charge is -2.30. The van der Waals surface area contributed by atoms with Gasteiger partial charge in [-0.25, -0.2) is 12.8 Å². The zero-order valence-corrected chi connectivity index (χ0v) is 11.7. The molecule has 6 heteroatoms. The monoisotopic (exact) mass is 286 g/mol. The standard InChI is InChI=1S/C13H19FN2O2S/c1-9-8-10(5-6-11(9)14)13(16-15)12-4-2-3-7-19(12,17)18/h5-6,8,12-13,16H,2-4,7,15H2,1H3. The summed E-state index contributed by atoms with van der Waals surface area (Å²) in [6, 6.07) is 4.12. The lowest BCUT2D eigenvalue weighted by Crippen LogP contribution is -2.43. The van der Waals surface area contributed by atoms with E-state index in [1.165, 1.54) is 6.07 Å². The number of hydrogen-bond acceptors (Lipinski definition) is 4. The van der Waals surface area contributed by atoms with Crippen LogP contribution in [0.5, 0.6) is 0 Å². The van der Waals surface area contributed by atoms with Crippen LogP contribution >= 0.6 is 0 Å². The molecule has 1 aliphatic rings. The third-order valence-electron chi connectivity index (χ3n) is 3.72. The van der Waals surface area contributed by atoms with E-state index in [-0.39, 0.29) is 11.6 Å². The fraction of sp³-hybridized carbons (Fsp3) is 0.538. The highest BCUT2D eigenvalue weighted by atomic mass is 32.2. The first-order valence-corrected chi connectivity index (χ1v) is 8.11. The molecule has 1 aromatic rings. The summed E-state index contributed by atoms with van der Waals surface area (Å²) in [5.74, 6) is 5.44. The fourth-order valence-corrected chi connectivity index (χ4v) is 4.72. The Bertz CT molecular complexity index is 560. The van der Waals surface area contributed by atoms with Crippen molar-refractivity contribution in [2.45, 2.75) is 37.5 Å². The summed E-state index contributed by atoms with van der Waals surface area (Å²) < 4.78 is 37.6. The largest absolute Gasteiger partial charge is 0.271 e. The van der Waals surface area contributed by atoms with Crippen molar-refractivity contribution in [3.8, 4) is 0 Å². The third-order valence-corrected chi connectivity index (χ3v) is 6.01. The molecule has 0 amide bonds. The van der Waals surface area contributed by atoms with Crippen LogP contribution in [0.3, 0.4) is 0 Å². The molecule has 1 saturated heterocycles. The smallest absolute Gasteiger partial charge is 0.155 e. The molecule has 0 radical (unpaired) electrons. The molecule has 106 valence electrons. The highest BCUT2D eigenvalue weighted by Gasteiger charge is 2.36. The Morgan fingerprint density at radius 1 is 1.42 bits per heavy atom. The van der Waals surface area contributed by atoms with Gasteiger partial charge in [0.15, 0.2) is 9.84 Å². The molecule has 0 aliphatic carbocycles. The molecule has 1 aliphatic heterocycles. The van der Waals surface area contributed by atoms with Gasteiger partial charge in [-0.05, 0) is 37.0 Å². The summed E-state index contributed by atoms with van der Waals surface area (Å²) in [4.78, 5) is 0. The zero-order valence-electron chi connectivity index (χ0n) is 10.9. The molecule has 1 heterocycles. The Morgan fingerprint density at radius 3 is 2.74 bits per heavy atom. The van der Waals surface area contributed by atoms with Crippen LogP contribution in [0.15, 0.2) is 18.2 Å². The molecule has 0 bridgehead atoms. The molecule has 0 spiro atoms. The van der Waals surface area contributed by atoms with Gasteiger partial charge < -0.3 is 0 Å². The second-order valence-electron chi connectivity index (χ2n) is 5.05. The van der Waals surface area contributed by atoms with Crippen molar-refractivity contribution >= 4 is 9.84 Å². The fourth-order valence-electron chi connectivity index (χ4n) is 2.63. The Kier molecular flexibility index (Phi) is 4.23. The van der Waals surface area contributed by atoms with E-state index in [9.17, 15) is 12.8 Å². The SMILES string of the molecule is Cc1cc(C(NN)C2CCCCS2(=O)=O)ccc1F. The molecule has 1 fully saturated rings. The molecule has 2 unspecified atom stereocenters. The first-order valence-electron chi connectivity index (χ1n) is 6.39. The van der Waals surface area contributed by atoms with Gasteiger partial charge in [0, 0.05) is 0 Å². The van der Waals surface area contributed by atoms with Crippen LogP contribution < -0.4 is 11.3 Å². The zero-order chi connectivity index (χ0) is 14.0. The van der Waals surface area contributed by atoms with E-state index in [1.54, 1.807) is 19.1 Å². The van der Waals surface area contributed by atoms with Crippen LogP contribution in [0, 0.1) is 12.7 Å². The van der Waals surface area contributed by atoms with Gasteiger partial charge in [-0.1, -0.05) is 18.6 Å². The maximum atomic E-state index is 13.3. The van der Waals surface area contributed by atoms with Gasteiger partial charge in [0.1, 0.15) is 5.82 Å². The van der Waals surface area contributed by atoms with Crippen LogP contribution in [0.1, 0.15) is 36.4 Å². The second-order valence-corrected chi connectivity index (χ2v) is 7.39. The second kappa shape index (κ2) is 5.56. The Hall–Kier alpha value is -0.980. The van der Waals surface area contributed by atoms with Gasteiger partial charge in [-0.2, -0.15) is 0 Å². The minimum absolute atomic E-state index is 0.204. The maximum absolute atomic E-state index is 13.3. The number of halogens is 1. The normalized spacial score (nSPS) is 24.1. The average molecular weight is 286 g/mol. The average Bonchev–Trinajstić information content (AvgIpc) is 2.36. The molecule has 3 N–H and O–H groups in total. The summed E-state index contributed by atoms with van der Waals surface area (Å²) in [5, 5.41) is -0.531. The number of hydrazine groups is 1. The minimum Gasteiger partial charge on any atom is -0.271 e. The number of benzene rings is 1. The Balaban J connectivity index is 2.36. The summed E-state index contributed by atoms with van der Waals surface area (Å²) in [5.41, 5.74) is 3.80. The highest BCUT2D eigenvalue weighted by Crippen LogP contribution is 2.30. The number of nitrogens with two attached hydrogens (primary N) is 1. The Labute approximate surface area is 113 Å². The van der Waals surface area contributed by atoms with Gasteiger partial charge in [0.25, 0.3) is 0 Å². The number of sulfone groups is 1. The van der Waals surface area contributed by atoms with Gasteiger partial charge in [-0.15, -0.1) is 0 Å². The number of nitrogens with one attached hydrogen (secondary N) is 1. The predicted octanol–water partition coefficient (Wildman–Crippen LogP) is 1.61. The molecule has 19 heavy (non-hydrogen) atoms. The van der Waals surface area contributed by atoms with E-state index < -0.39 is 21.1 Å². The van der Waals surface area contributed by atoms with Crippen molar-refractivity contribution in [2.24, 2.45) is 5.84 Å². The predicted molar refractivity (Wildman–Crippen MR) is 72.6 cm³/mol. The van der Waals surface area contributed by atoms with Crippen molar-refractivity contribution in [3.05, 3.63) is 35.1 Å². The van der Waals surface area contributed by atoms with Gasteiger partial charge in [0.05, 0.1) is 17.0 Å². The molecule has 4 nitrogen and oxygen atoms in total. The molecule has 2 rings (SSSR count). The van der Waals surface area contributed by atoms with Gasteiger partial charge in [-0.3, -0.25) is 11.3 Å². The molecule has 1 aromatic carbocycles. The van der Waals surface area contributed by atoms with Gasteiger partial charge in [0.2, 0.25) is 0 Å². The minimum atomic E-state index is -3.14. The quantitative estimate of drug-likeness (QED) is 0.654. The summed E-state index contributed by atoms with van der Waals surface area (Å²) in [6.45, 7) is 1.65. The van der Waals surface area contributed by atoms with E-state index in [1.807, 2.05) is 0 Å². The van der Waals surface area contributed by atoms with E-state index in [0.29, 0.717) is 18.4 Å². The van der Waals surface area contributed by atoms with Crippen molar-refractivity contribution in [1.82, 2.24) is 5.43 Å². The maximum Gasteiger partial charge on any atom is 0.155 e. The van der Waals surface area contributed by atoms with E-state index in [2.05, 4.69) is 5.43 Å². The summed E-state index contributed by atoms with van der Waals surface area (Å²) in [6.07, 6.45) is 2.18. The van der Waals surface area contributed by atoms with Crippen LogP contribution in [0.2, 0.25) is 0 Å². The first kappa shape index (κ1) is 14.4. The molecular weight excluding hydrogens is 267 g/mol. The van der Waals surface area contributed by atoms with Crippen molar-refractivity contribution < 1.29 is 12.8 Å². The molecular formula is C13H19FN2O2S. The number of hydrogen-bond donors (Lipinski definition) is 2. The van der Waals surface area contributed by atoms with E-state index in [0.717, 1.165) is 12.0 Å². The Morgan fingerprint density at radius 2 is 2.16 bits per heavy atom. The van der Waals surface area contributed by atoms with Crippen LogP contribution in [0.25, 0.3) is 0 Å². The number of aryl methyl sites for hydroxylation is 1. The summed E-state index contributed by atoms with van der Waals surface area (Å²) >= 11 is 0. The highest BCUT2D eigenvalue weighted by molar-refractivity contribution is 7.92. The number of rotatable bonds is 3. The lowest BCUT2D eigenvalue weighted by atomic mass is 9.98. The lowest BCUT2D eigenvalue weighted by molar-refractivity contribution is 0.453. The molecule has 2 atom stereocenters. The van der Waals surface area contributed by atoms with Crippen LogP contribution in [-0.2, 0) is 9.84 Å². The summed E-state index contributed by atoms with van der Waals surface area (Å²) in [7, 11) is -3.14. The van der Waals surface area contributed by atoms with Crippen molar-refractivity contribution in [1.29, 1.82) is 0 Å². The molecule has 0 saturated carbocycles. The van der Waals surface area contributed by atoms with Crippen LogP contribution in [0.4, 0.5) is 4.39 Å². The van der Waals surface area contributed by atoms with Gasteiger partial charge >= 0.3 is 0 Å². The van der Waals surface area contributed by atoms with Crippen molar-refractivity contribution in [2.75, 3.05) is 5.75 Å². The van der Waals surface area contributed by atoms with Crippen LogP contribution in [-0.4, -0.2) is 19.4 Å². The van der Waals surface area contributed by atoms with E-state index >= 15 is 0 Å².